The first-order chi connectivity index (χ1) is 9.97. The average Bonchev–Trinajstić information content (AvgIpc) is 2.97. The van der Waals surface area contributed by atoms with Crippen molar-refractivity contribution >= 4 is 21.6 Å². The molecule has 0 saturated carbocycles. The third-order valence-corrected chi connectivity index (χ3v) is 5.19. The number of hydrogen-bond donors (Lipinski definition) is 1. The highest BCUT2D eigenvalue weighted by Crippen LogP contribution is 2.20. The Morgan fingerprint density at radius 1 is 1.24 bits per heavy atom. The second-order valence-corrected chi connectivity index (χ2v) is 7.97. The van der Waals surface area contributed by atoms with Gasteiger partial charge in [0.25, 0.3) is 0 Å². The van der Waals surface area contributed by atoms with Crippen molar-refractivity contribution in [1.82, 2.24) is 5.32 Å². The third kappa shape index (κ3) is 4.91. The molecule has 0 spiro atoms. The lowest BCUT2D eigenvalue weighted by Crippen LogP contribution is -2.20. The van der Waals surface area contributed by atoms with Gasteiger partial charge in [0, 0.05) is 23.4 Å². The molecule has 6 heteroatoms. The van der Waals surface area contributed by atoms with Crippen molar-refractivity contribution in [2.24, 2.45) is 0 Å². The fourth-order valence-electron chi connectivity index (χ4n) is 1.87. The number of benzene rings is 1. The van der Waals surface area contributed by atoms with Crippen LogP contribution in [0.4, 0.5) is 0 Å². The summed E-state index contributed by atoms with van der Waals surface area (Å²) >= 11 is 1.69. The van der Waals surface area contributed by atoms with Gasteiger partial charge in [0.1, 0.15) is 5.76 Å². The second kappa shape index (κ2) is 7.15. The highest BCUT2D eigenvalue weighted by molar-refractivity contribution is 7.99. The van der Waals surface area contributed by atoms with Crippen molar-refractivity contribution in [2.75, 3.05) is 18.6 Å². The number of thioether (sulfide) groups is 1. The highest BCUT2D eigenvalue weighted by atomic mass is 32.2. The van der Waals surface area contributed by atoms with E-state index in [1.165, 1.54) is 6.26 Å². The van der Waals surface area contributed by atoms with E-state index in [2.05, 4.69) is 12.2 Å². The molecule has 2 rings (SSSR count). The van der Waals surface area contributed by atoms with Gasteiger partial charge in [0.15, 0.2) is 9.84 Å². The standard InChI is InChI=1S/C15H19NO3S2/c1-12(15-4-3-10-19-15)16-9-11-20-13-5-7-14(8-6-13)21(2,17)18/h3-8,10,12,16H,9,11H2,1-2H3. The summed E-state index contributed by atoms with van der Waals surface area (Å²) in [6.07, 6.45) is 2.89. The van der Waals surface area contributed by atoms with Crippen molar-refractivity contribution < 1.29 is 12.8 Å². The summed E-state index contributed by atoms with van der Waals surface area (Å²) in [5, 5.41) is 3.38. The van der Waals surface area contributed by atoms with Crippen LogP contribution in [0.15, 0.2) is 56.9 Å². The van der Waals surface area contributed by atoms with Gasteiger partial charge in [-0.3, -0.25) is 0 Å². The maximum atomic E-state index is 11.4. The lowest BCUT2D eigenvalue weighted by molar-refractivity contribution is 0.438. The Balaban J connectivity index is 1.76. The monoisotopic (exact) mass is 325 g/mol. The van der Waals surface area contributed by atoms with Gasteiger partial charge in [0.2, 0.25) is 0 Å². The summed E-state index contributed by atoms with van der Waals surface area (Å²) in [5.74, 6) is 1.83. The molecule has 21 heavy (non-hydrogen) atoms. The first-order valence-corrected chi connectivity index (χ1v) is 9.54. The SMILES string of the molecule is CC(NCCSc1ccc(S(C)(=O)=O)cc1)c1ccco1. The van der Waals surface area contributed by atoms with E-state index in [-0.39, 0.29) is 6.04 Å². The van der Waals surface area contributed by atoms with Crippen LogP contribution >= 0.6 is 11.8 Å². The average molecular weight is 325 g/mol. The van der Waals surface area contributed by atoms with Crippen LogP contribution in [0.5, 0.6) is 0 Å². The molecular formula is C15H19NO3S2. The first-order valence-electron chi connectivity index (χ1n) is 6.66. The minimum atomic E-state index is -3.11. The zero-order valence-corrected chi connectivity index (χ0v) is 13.7. The van der Waals surface area contributed by atoms with E-state index in [1.807, 2.05) is 24.3 Å². The summed E-state index contributed by atoms with van der Waals surface area (Å²) in [6.45, 7) is 2.91. The minimum absolute atomic E-state index is 0.188. The largest absolute Gasteiger partial charge is 0.468 e. The number of furan rings is 1. The van der Waals surface area contributed by atoms with Crippen molar-refractivity contribution in [3.8, 4) is 0 Å². The molecule has 0 fully saturated rings. The molecular weight excluding hydrogens is 306 g/mol. The first kappa shape index (κ1) is 16.1. The van der Waals surface area contributed by atoms with Gasteiger partial charge in [0.05, 0.1) is 17.2 Å². The number of hydrogen-bond acceptors (Lipinski definition) is 5. The molecule has 1 unspecified atom stereocenters. The van der Waals surface area contributed by atoms with Gasteiger partial charge in [-0.05, 0) is 43.3 Å². The van der Waals surface area contributed by atoms with E-state index in [0.29, 0.717) is 4.90 Å². The number of sulfone groups is 1. The lowest BCUT2D eigenvalue weighted by atomic mass is 10.2. The topological polar surface area (TPSA) is 59.3 Å². The predicted octanol–water partition coefficient (Wildman–Crippen LogP) is 3.13. The van der Waals surface area contributed by atoms with Crippen molar-refractivity contribution in [2.45, 2.75) is 22.8 Å². The fourth-order valence-corrected chi connectivity index (χ4v) is 3.28. The van der Waals surface area contributed by atoms with E-state index in [4.69, 9.17) is 4.42 Å². The Kier molecular flexibility index (Phi) is 5.50. The molecule has 4 nitrogen and oxygen atoms in total. The van der Waals surface area contributed by atoms with Gasteiger partial charge < -0.3 is 9.73 Å². The fraction of sp³-hybridized carbons (Fsp3) is 0.333. The molecule has 0 radical (unpaired) electrons. The molecule has 0 aliphatic heterocycles. The molecule has 0 amide bonds. The Bertz CT molecular complexity index is 649. The van der Waals surface area contributed by atoms with Crippen molar-refractivity contribution in [3.63, 3.8) is 0 Å². The summed E-state index contributed by atoms with van der Waals surface area (Å²) in [4.78, 5) is 1.42. The van der Waals surface area contributed by atoms with E-state index in [9.17, 15) is 8.42 Å². The van der Waals surface area contributed by atoms with Crippen LogP contribution in [0.25, 0.3) is 0 Å². The van der Waals surface area contributed by atoms with Crippen LogP contribution in [-0.2, 0) is 9.84 Å². The minimum Gasteiger partial charge on any atom is -0.468 e. The van der Waals surface area contributed by atoms with E-state index < -0.39 is 9.84 Å². The van der Waals surface area contributed by atoms with Crippen LogP contribution in [0.3, 0.4) is 0 Å². The van der Waals surface area contributed by atoms with Crippen LogP contribution in [0.2, 0.25) is 0 Å². The Hall–Kier alpha value is -1.24. The van der Waals surface area contributed by atoms with Crippen molar-refractivity contribution in [3.05, 3.63) is 48.4 Å². The molecule has 1 aromatic heterocycles. The molecule has 2 aromatic rings. The van der Waals surface area contributed by atoms with Gasteiger partial charge in [-0.15, -0.1) is 11.8 Å². The van der Waals surface area contributed by atoms with E-state index in [1.54, 1.807) is 30.2 Å². The summed E-state index contributed by atoms with van der Waals surface area (Å²) in [5.41, 5.74) is 0. The molecule has 1 N–H and O–H groups in total. The van der Waals surface area contributed by atoms with Crippen molar-refractivity contribution in [1.29, 1.82) is 0 Å². The Morgan fingerprint density at radius 3 is 2.52 bits per heavy atom. The quantitative estimate of drug-likeness (QED) is 0.626. The third-order valence-electron chi connectivity index (χ3n) is 3.04. The van der Waals surface area contributed by atoms with E-state index in [0.717, 1.165) is 23.0 Å². The van der Waals surface area contributed by atoms with Gasteiger partial charge >= 0.3 is 0 Å². The Morgan fingerprint density at radius 2 is 1.95 bits per heavy atom. The summed E-state index contributed by atoms with van der Waals surface area (Å²) in [6, 6.07) is 11.0. The molecule has 1 heterocycles. The van der Waals surface area contributed by atoms with Crippen LogP contribution in [0, 0.1) is 0 Å². The zero-order valence-electron chi connectivity index (χ0n) is 12.1. The molecule has 0 bridgehead atoms. The molecule has 1 atom stereocenters. The van der Waals surface area contributed by atoms with Gasteiger partial charge in [-0.25, -0.2) is 8.42 Å². The van der Waals surface area contributed by atoms with Crippen LogP contribution in [-0.4, -0.2) is 27.0 Å². The molecule has 1 aromatic carbocycles. The molecule has 114 valence electrons. The molecule has 0 saturated heterocycles. The van der Waals surface area contributed by atoms with Gasteiger partial charge in [-0.2, -0.15) is 0 Å². The maximum absolute atomic E-state index is 11.4. The lowest BCUT2D eigenvalue weighted by Gasteiger charge is -2.10. The maximum Gasteiger partial charge on any atom is 0.175 e. The highest BCUT2D eigenvalue weighted by Gasteiger charge is 2.08. The zero-order chi connectivity index (χ0) is 15.3. The number of nitrogens with one attached hydrogen (secondary N) is 1. The Labute approximate surface area is 129 Å². The summed E-state index contributed by atoms with van der Waals surface area (Å²) in [7, 11) is -3.11. The number of rotatable bonds is 7. The predicted molar refractivity (Wildman–Crippen MR) is 85.4 cm³/mol. The molecule has 0 aliphatic carbocycles. The summed E-state index contributed by atoms with van der Waals surface area (Å²) < 4.78 is 28.1. The van der Waals surface area contributed by atoms with Crippen LogP contribution in [0.1, 0.15) is 18.7 Å². The normalized spacial score (nSPS) is 13.2. The van der Waals surface area contributed by atoms with Crippen LogP contribution < -0.4 is 5.32 Å². The molecule has 0 aliphatic rings. The smallest absolute Gasteiger partial charge is 0.175 e. The second-order valence-electron chi connectivity index (χ2n) is 4.78. The van der Waals surface area contributed by atoms with Gasteiger partial charge in [-0.1, -0.05) is 0 Å². The van der Waals surface area contributed by atoms with E-state index >= 15 is 0 Å².